The molecule has 36 heavy (non-hydrogen) atoms. The molecule has 3 aromatic heterocycles. The number of amides is 1. The van der Waals surface area contributed by atoms with Crippen LogP contribution < -0.4 is 10.6 Å². The van der Waals surface area contributed by atoms with Gasteiger partial charge in [0.1, 0.15) is 12.7 Å². The molecule has 2 N–H and O–H groups in total. The number of carbonyl (C=O) groups excluding carboxylic acids is 1. The predicted octanol–water partition coefficient (Wildman–Crippen LogP) is 3.71. The third-order valence-electron chi connectivity index (χ3n) is 6.50. The number of nitrogens with one attached hydrogen (secondary N) is 2. The topological polar surface area (TPSA) is 92.9 Å². The Morgan fingerprint density at radius 2 is 1.83 bits per heavy atom. The Labute approximate surface area is 215 Å². The summed E-state index contributed by atoms with van der Waals surface area (Å²) in [6, 6.07) is 15.5. The molecule has 2 atom stereocenters. The molecule has 184 valence electrons. The summed E-state index contributed by atoms with van der Waals surface area (Å²) in [5.41, 5.74) is 6.01. The Kier molecular flexibility index (Phi) is 6.51. The summed E-state index contributed by atoms with van der Waals surface area (Å²) in [4.78, 5) is 19.5. The minimum Gasteiger partial charge on any atom is -0.352 e. The van der Waals surface area contributed by atoms with Gasteiger partial charge in [-0.3, -0.25) is 14.5 Å². The van der Waals surface area contributed by atoms with Gasteiger partial charge in [0.2, 0.25) is 5.91 Å². The van der Waals surface area contributed by atoms with Crippen LogP contribution in [0.5, 0.6) is 0 Å². The van der Waals surface area contributed by atoms with E-state index in [0.29, 0.717) is 18.1 Å². The zero-order valence-corrected chi connectivity index (χ0v) is 21.2. The second-order valence-corrected chi connectivity index (χ2v) is 9.35. The van der Waals surface area contributed by atoms with E-state index in [1.54, 1.807) is 18.9 Å². The van der Waals surface area contributed by atoms with Crippen LogP contribution in [0.3, 0.4) is 0 Å². The van der Waals surface area contributed by atoms with Crippen molar-refractivity contribution in [2.45, 2.75) is 39.3 Å². The van der Waals surface area contributed by atoms with Gasteiger partial charge in [-0.1, -0.05) is 23.8 Å². The number of nitrogens with zero attached hydrogens (tertiary/aromatic N) is 6. The van der Waals surface area contributed by atoms with Crippen molar-refractivity contribution in [2.24, 2.45) is 0 Å². The van der Waals surface area contributed by atoms with Crippen molar-refractivity contribution in [2.75, 3.05) is 11.9 Å². The molecule has 0 unspecified atom stereocenters. The first-order chi connectivity index (χ1) is 17.4. The van der Waals surface area contributed by atoms with Crippen molar-refractivity contribution in [3.8, 4) is 0 Å². The highest BCUT2D eigenvalue weighted by atomic mass is 32.1. The van der Waals surface area contributed by atoms with E-state index in [4.69, 9.17) is 12.2 Å². The number of thiocarbonyl (C=S) groups is 1. The highest BCUT2D eigenvalue weighted by molar-refractivity contribution is 7.80. The number of hydrogen-bond acceptors (Lipinski definition) is 5. The molecule has 0 aliphatic carbocycles. The molecule has 0 spiro atoms. The monoisotopic (exact) mass is 500 g/mol. The van der Waals surface area contributed by atoms with E-state index in [2.05, 4.69) is 48.4 Å². The van der Waals surface area contributed by atoms with Crippen molar-refractivity contribution in [3.63, 3.8) is 0 Å². The lowest BCUT2D eigenvalue weighted by molar-refractivity contribution is -0.116. The average Bonchev–Trinajstić information content (AvgIpc) is 3.58. The molecule has 1 aliphatic heterocycles. The number of carbonyl (C=O) groups is 1. The summed E-state index contributed by atoms with van der Waals surface area (Å²) < 4.78 is 3.92. The summed E-state index contributed by atoms with van der Waals surface area (Å²) in [6.07, 6.45) is 5.43. The minimum absolute atomic E-state index is 0.0587. The number of aromatic nitrogens is 5. The van der Waals surface area contributed by atoms with Gasteiger partial charge in [0.25, 0.3) is 0 Å². The molecular formula is C26H28N8OS. The number of pyridine rings is 1. The Bertz CT molecular complexity index is 1370. The number of hydrogen-bond donors (Lipinski definition) is 2. The molecular weight excluding hydrogens is 472 g/mol. The Balaban J connectivity index is 1.44. The highest BCUT2D eigenvalue weighted by Crippen LogP contribution is 2.40. The SMILES string of the molecule is Cc1ccc(NC(=O)CCN2C(=S)N[C@H](c3ccccn3)[C@@H]2c2cc(C)n(-n3cnnc3)c2C)cc1. The second-order valence-electron chi connectivity index (χ2n) is 8.96. The fourth-order valence-corrected chi connectivity index (χ4v) is 5.13. The van der Waals surface area contributed by atoms with Crippen molar-refractivity contribution in [3.05, 3.63) is 95.6 Å². The molecule has 9 nitrogen and oxygen atoms in total. The zero-order chi connectivity index (χ0) is 25.2. The lowest BCUT2D eigenvalue weighted by atomic mass is 9.96. The van der Waals surface area contributed by atoms with Gasteiger partial charge in [-0.15, -0.1) is 10.2 Å². The van der Waals surface area contributed by atoms with Crippen molar-refractivity contribution < 1.29 is 4.79 Å². The molecule has 1 aromatic carbocycles. The summed E-state index contributed by atoms with van der Waals surface area (Å²) >= 11 is 5.78. The van der Waals surface area contributed by atoms with E-state index >= 15 is 0 Å². The first-order valence-electron chi connectivity index (χ1n) is 11.8. The van der Waals surface area contributed by atoms with Crippen LogP contribution >= 0.6 is 12.2 Å². The quantitative estimate of drug-likeness (QED) is 0.374. The lowest BCUT2D eigenvalue weighted by Crippen LogP contribution is -2.33. The molecule has 4 aromatic rings. The van der Waals surface area contributed by atoms with E-state index in [0.717, 1.165) is 33.9 Å². The third-order valence-corrected chi connectivity index (χ3v) is 6.86. The van der Waals surface area contributed by atoms with Gasteiger partial charge in [-0.05, 0) is 63.3 Å². The van der Waals surface area contributed by atoms with Crippen molar-refractivity contribution in [1.29, 1.82) is 0 Å². The smallest absolute Gasteiger partial charge is 0.226 e. The fraction of sp³-hybridized carbons (Fsp3) is 0.269. The Morgan fingerprint density at radius 1 is 1.08 bits per heavy atom. The Hall–Kier alpha value is -4.05. The minimum atomic E-state index is -0.159. The number of rotatable bonds is 7. The highest BCUT2D eigenvalue weighted by Gasteiger charge is 2.41. The maximum atomic E-state index is 12.8. The van der Waals surface area contributed by atoms with Crippen LogP contribution in [-0.4, -0.2) is 47.0 Å². The van der Waals surface area contributed by atoms with Crippen LogP contribution in [0.1, 0.15) is 46.7 Å². The normalized spacial score (nSPS) is 17.3. The van der Waals surface area contributed by atoms with Crippen molar-refractivity contribution >= 4 is 28.9 Å². The molecule has 0 radical (unpaired) electrons. The van der Waals surface area contributed by atoms with Crippen LogP contribution in [-0.2, 0) is 4.79 Å². The molecule has 1 saturated heterocycles. The average molecular weight is 501 g/mol. The molecule has 1 fully saturated rings. The maximum Gasteiger partial charge on any atom is 0.226 e. The van der Waals surface area contributed by atoms with Gasteiger partial charge in [0.05, 0.1) is 17.8 Å². The summed E-state index contributed by atoms with van der Waals surface area (Å²) in [5, 5.41) is 15.0. The van der Waals surface area contributed by atoms with E-state index in [9.17, 15) is 4.79 Å². The van der Waals surface area contributed by atoms with Gasteiger partial charge in [-0.25, -0.2) is 4.68 Å². The summed E-state index contributed by atoms with van der Waals surface area (Å²) in [7, 11) is 0. The zero-order valence-electron chi connectivity index (χ0n) is 20.4. The maximum absolute atomic E-state index is 12.8. The van der Waals surface area contributed by atoms with E-state index in [1.807, 2.05) is 61.0 Å². The number of benzene rings is 1. The van der Waals surface area contributed by atoms with Crippen molar-refractivity contribution in [1.82, 2.24) is 34.8 Å². The van der Waals surface area contributed by atoms with Crippen LogP contribution in [0, 0.1) is 20.8 Å². The lowest BCUT2D eigenvalue weighted by Gasteiger charge is -2.28. The molecule has 1 amide bonds. The van der Waals surface area contributed by atoms with Gasteiger partial charge < -0.3 is 15.5 Å². The Morgan fingerprint density at radius 3 is 2.53 bits per heavy atom. The van der Waals surface area contributed by atoms with E-state index in [1.165, 1.54) is 0 Å². The standard InChI is InChI=1S/C26H28N8OS/c1-17-7-9-20(10-8-17)30-23(35)11-13-33-25(24(31-26(33)36)22-6-4-5-12-27-22)21-14-18(2)34(19(21)3)32-15-28-29-16-32/h4-10,12,14-16,24-25H,11,13H2,1-3H3,(H,30,35)(H,31,36)/t24-,25+/m1/s1. The van der Waals surface area contributed by atoms with Gasteiger partial charge in [0, 0.05) is 41.8 Å². The van der Waals surface area contributed by atoms with E-state index in [-0.39, 0.29) is 18.0 Å². The molecule has 4 heterocycles. The van der Waals surface area contributed by atoms with Crippen LogP contribution in [0.2, 0.25) is 0 Å². The molecule has 5 rings (SSSR count). The number of anilines is 1. The summed E-state index contributed by atoms with van der Waals surface area (Å²) in [5.74, 6) is -0.0587. The molecule has 1 aliphatic rings. The predicted molar refractivity (Wildman–Crippen MR) is 141 cm³/mol. The van der Waals surface area contributed by atoms with Gasteiger partial charge in [0.15, 0.2) is 5.11 Å². The van der Waals surface area contributed by atoms with Gasteiger partial charge in [-0.2, -0.15) is 0 Å². The van der Waals surface area contributed by atoms with Crippen LogP contribution in [0.15, 0.2) is 67.4 Å². The fourth-order valence-electron chi connectivity index (χ4n) is 4.80. The molecule has 0 saturated carbocycles. The number of aryl methyl sites for hydroxylation is 2. The summed E-state index contributed by atoms with van der Waals surface area (Å²) in [6.45, 7) is 6.60. The van der Waals surface area contributed by atoms with Gasteiger partial charge >= 0.3 is 0 Å². The third kappa shape index (κ3) is 4.59. The van der Waals surface area contributed by atoms with Crippen LogP contribution in [0.4, 0.5) is 5.69 Å². The molecule has 0 bridgehead atoms. The first-order valence-corrected chi connectivity index (χ1v) is 12.2. The largest absolute Gasteiger partial charge is 0.352 e. The van der Waals surface area contributed by atoms with Crippen LogP contribution in [0.25, 0.3) is 0 Å². The second kappa shape index (κ2) is 9.90. The molecule has 10 heteroatoms. The van der Waals surface area contributed by atoms with E-state index < -0.39 is 0 Å². The first kappa shape index (κ1) is 23.7.